The van der Waals surface area contributed by atoms with Crippen LogP contribution in [-0.2, 0) is 9.47 Å². The molecule has 1 aliphatic carbocycles. The average Bonchev–Trinajstić information content (AvgIpc) is 3.23. The second-order valence-electron chi connectivity index (χ2n) is 4.44. The Morgan fingerprint density at radius 3 is 2.80 bits per heavy atom. The lowest BCUT2D eigenvalue weighted by atomic mass is 10.2. The van der Waals surface area contributed by atoms with Gasteiger partial charge in [0, 0.05) is 7.11 Å². The number of amides is 1. The molecular formula is C14H17FN2O3. The van der Waals surface area contributed by atoms with Crippen molar-refractivity contribution in [3.8, 4) is 0 Å². The highest BCUT2D eigenvalue weighted by Crippen LogP contribution is 2.23. The molecule has 1 amide bonds. The van der Waals surface area contributed by atoms with Crippen LogP contribution < -0.4 is 5.32 Å². The molecule has 108 valence electrons. The molecule has 1 aromatic carbocycles. The van der Waals surface area contributed by atoms with E-state index in [-0.39, 0.29) is 24.2 Å². The molecule has 0 unspecified atom stereocenters. The molecule has 0 spiro atoms. The van der Waals surface area contributed by atoms with Crippen LogP contribution in [-0.4, -0.2) is 38.3 Å². The maximum Gasteiger partial charge on any atom is 0.292 e. The molecule has 0 radical (unpaired) electrons. The smallest absolute Gasteiger partial charge is 0.292 e. The molecule has 0 aromatic heterocycles. The number of nitrogens with one attached hydrogen (secondary N) is 1. The average molecular weight is 280 g/mol. The standard InChI is InChI=1S/C14H17FN2O3/c1-19-8-9-20-14(16-10-6-7-10)17-13(18)11-4-2-3-5-12(11)15/h2-5,10H,6-9H2,1H3,(H,16,17,18). The van der Waals surface area contributed by atoms with Crippen molar-refractivity contribution in [2.24, 2.45) is 4.99 Å². The Morgan fingerprint density at radius 2 is 2.15 bits per heavy atom. The monoisotopic (exact) mass is 280 g/mol. The largest absolute Gasteiger partial charge is 0.463 e. The summed E-state index contributed by atoms with van der Waals surface area (Å²) in [6.07, 6.45) is 1.96. The van der Waals surface area contributed by atoms with Crippen molar-refractivity contribution >= 4 is 11.9 Å². The van der Waals surface area contributed by atoms with Crippen LogP contribution in [0.4, 0.5) is 4.39 Å². The first-order valence-corrected chi connectivity index (χ1v) is 6.46. The van der Waals surface area contributed by atoms with Gasteiger partial charge in [-0.2, -0.15) is 0 Å². The second-order valence-corrected chi connectivity index (χ2v) is 4.44. The van der Waals surface area contributed by atoms with Gasteiger partial charge in [-0.25, -0.2) is 9.38 Å². The fraction of sp³-hybridized carbons (Fsp3) is 0.429. The first-order valence-electron chi connectivity index (χ1n) is 6.46. The quantitative estimate of drug-likeness (QED) is 0.507. The molecule has 20 heavy (non-hydrogen) atoms. The van der Waals surface area contributed by atoms with Gasteiger partial charge in [0.15, 0.2) is 0 Å². The molecule has 2 rings (SSSR count). The first kappa shape index (κ1) is 14.5. The molecule has 5 nitrogen and oxygen atoms in total. The molecule has 1 aliphatic rings. The summed E-state index contributed by atoms with van der Waals surface area (Å²) < 4.78 is 23.7. The fourth-order valence-corrected chi connectivity index (χ4v) is 1.51. The van der Waals surface area contributed by atoms with E-state index >= 15 is 0 Å². The molecule has 0 aliphatic heterocycles. The molecule has 1 aromatic rings. The topological polar surface area (TPSA) is 59.9 Å². The van der Waals surface area contributed by atoms with E-state index in [2.05, 4.69) is 10.3 Å². The Bertz CT molecular complexity index is 501. The Labute approximate surface area is 116 Å². The number of ether oxygens (including phenoxy) is 2. The van der Waals surface area contributed by atoms with Gasteiger partial charge in [-0.1, -0.05) is 12.1 Å². The molecule has 1 saturated carbocycles. The Morgan fingerprint density at radius 1 is 1.40 bits per heavy atom. The number of amidine groups is 1. The van der Waals surface area contributed by atoms with Gasteiger partial charge < -0.3 is 9.47 Å². The van der Waals surface area contributed by atoms with Gasteiger partial charge in [0.25, 0.3) is 11.9 Å². The molecule has 1 N–H and O–H groups in total. The third kappa shape index (κ3) is 4.31. The zero-order valence-corrected chi connectivity index (χ0v) is 11.3. The first-order chi connectivity index (χ1) is 9.70. The maximum absolute atomic E-state index is 13.5. The number of hydrogen-bond acceptors (Lipinski definition) is 4. The van der Waals surface area contributed by atoms with Crippen molar-refractivity contribution in [1.82, 2.24) is 5.32 Å². The molecule has 6 heteroatoms. The lowest BCUT2D eigenvalue weighted by Crippen LogP contribution is -2.34. The highest BCUT2D eigenvalue weighted by Gasteiger charge is 2.23. The summed E-state index contributed by atoms with van der Waals surface area (Å²) in [4.78, 5) is 16.2. The van der Waals surface area contributed by atoms with Crippen molar-refractivity contribution < 1.29 is 18.7 Å². The van der Waals surface area contributed by atoms with Crippen LogP contribution in [0.25, 0.3) is 0 Å². The van der Waals surface area contributed by atoms with Crippen LogP contribution in [0.5, 0.6) is 0 Å². The molecule has 0 bridgehead atoms. The minimum Gasteiger partial charge on any atom is -0.463 e. The SMILES string of the molecule is COCCOC(=NC1CC1)NC(=O)c1ccccc1F. The predicted octanol–water partition coefficient (Wildman–Crippen LogP) is 1.74. The number of aliphatic imine (C=N–C) groups is 1. The molecule has 0 saturated heterocycles. The van der Waals surface area contributed by atoms with Crippen molar-refractivity contribution in [3.05, 3.63) is 35.6 Å². The Balaban J connectivity index is 1.99. The number of methoxy groups -OCH3 is 1. The summed E-state index contributed by atoms with van der Waals surface area (Å²) in [6.45, 7) is 0.666. The summed E-state index contributed by atoms with van der Waals surface area (Å²) >= 11 is 0. The van der Waals surface area contributed by atoms with Gasteiger partial charge in [0.2, 0.25) is 0 Å². The molecule has 0 heterocycles. The van der Waals surface area contributed by atoms with Crippen LogP contribution in [0.1, 0.15) is 23.2 Å². The van der Waals surface area contributed by atoms with Crippen LogP contribution >= 0.6 is 0 Å². The highest BCUT2D eigenvalue weighted by molar-refractivity contribution is 6.04. The number of rotatable bonds is 5. The zero-order chi connectivity index (χ0) is 14.4. The third-order valence-corrected chi connectivity index (χ3v) is 2.71. The minimum absolute atomic E-state index is 0.0358. The van der Waals surface area contributed by atoms with E-state index in [1.807, 2.05) is 0 Å². The van der Waals surface area contributed by atoms with Gasteiger partial charge in [-0.3, -0.25) is 10.1 Å². The lowest BCUT2D eigenvalue weighted by Gasteiger charge is -2.10. The number of halogens is 1. The van der Waals surface area contributed by atoms with E-state index in [1.54, 1.807) is 13.2 Å². The van der Waals surface area contributed by atoms with Gasteiger partial charge in [0.05, 0.1) is 18.2 Å². The summed E-state index contributed by atoms with van der Waals surface area (Å²) in [7, 11) is 1.55. The van der Waals surface area contributed by atoms with Crippen molar-refractivity contribution in [2.45, 2.75) is 18.9 Å². The van der Waals surface area contributed by atoms with Crippen LogP contribution in [0.15, 0.2) is 29.3 Å². The molecule has 1 fully saturated rings. The van der Waals surface area contributed by atoms with Crippen LogP contribution in [0, 0.1) is 5.82 Å². The normalized spacial score (nSPS) is 15.0. The van der Waals surface area contributed by atoms with E-state index in [4.69, 9.17) is 9.47 Å². The van der Waals surface area contributed by atoms with E-state index in [9.17, 15) is 9.18 Å². The number of nitrogens with zero attached hydrogens (tertiary/aromatic N) is 1. The predicted molar refractivity (Wildman–Crippen MR) is 72.2 cm³/mol. The number of carbonyl (C=O) groups excluding carboxylic acids is 1. The minimum atomic E-state index is -0.576. The number of benzene rings is 1. The fourth-order valence-electron chi connectivity index (χ4n) is 1.51. The summed E-state index contributed by atoms with van der Waals surface area (Å²) in [5.41, 5.74) is -0.0358. The summed E-state index contributed by atoms with van der Waals surface area (Å²) in [5.74, 6) is -1.15. The number of carbonyl (C=O) groups is 1. The van der Waals surface area contributed by atoms with Crippen LogP contribution in [0.3, 0.4) is 0 Å². The van der Waals surface area contributed by atoms with Crippen LogP contribution in [0.2, 0.25) is 0 Å². The zero-order valence-electron chi connectivity index (χ0n) is 11.3. The van der Waals surface area contributed by atoms with Crippen molar-refractivity contribution in [1.29, 1.82) is 0 Å². The molecular weight excluding hydrogens is 263 g/mol. The van der Waals surface area contributed by atoms with Gasteiger partial charge >= 0.3 is 0 Å². The summed E-state index contributed by atoms with van der Waals surface area (Å²) in [5, 5.41) is 2.50. The molecule has 0 atom stereocenters. The lowest BCUT2D eigenvalue weighted by molar-refractivity contribution is 0.0950. The van der Waals surface area contributed by atoms with Gasteiger partial charge in [-0.15, -0.1) is 0 Å². The van der Waals surface area contributed by atoms with Crippen molar-refractivity contribution in [2.75, 3.05) is 20.3 Å². The highest BCUT2D eigenvalue weighted by atomic mass is 19.1. The Kier molecular flexibility index (Phi) is 5.06. The Hall–Kier alpha value is -1.95. The van der Waals surface area contributed by atoms with Crippen molar-refractivity contribution in [3.63, 3.8) is 0 Å². The van der Waals surface area contributed by atoms with E-state index in [0.29, 0.717) is 6.61 Å². The van der Waals surface area contributed by atoms with E-state index in [1.165, 1.54) is 18.2 Å². The maximum atomic E-state index is 13.5. The summed E-state index contributed by atoms with van der Waals surface area (Å²) in [6, 6.07) is 6.08. The van der Waals surface area contributed by atoms with E-state index < -0.39 is 11.7 Å². The van der Waals surface area contributed by atoms with Gasteiger partial charge in [-0.05, 0) is 25.0 Å². The number of hydrogen-bond donors (Lipinski definition) is 1. The second kappa shape index (κ2) is 7.00. The third-order valence-electron chi connectivity index (χ3n) is 2.71. The van der Waals surface area contributed by atoms with E-state index in [0.717, 1.165) is 12.8 Å². The van der Waals surface area contributed by atoms with Gasteiger partial charge in [0.1, 0.15) is 12.4 Å².